The average Bonchev–Trinajstić information content (AvgIpc) is 2.46. The van der Waals surface area contributed by atoms with E-state index < -0.39 is 0 Å². The topological polar surface area (TPSA) is 21.3 Å². The molecule has 0 aliphatic carbocycles. The third kappa shape index (κ3) is 4.58. The summed E-state index contributed by atoms with van der Waals surface area (Å²) in [5.41, 5.74) is 3.52. The Hall–Kier alpha value is -1.32. The SMILES string of the molecule is CCCNCc1cc(Br)ccc1Oc1cc(C)ccc1C. The van der Waals surface area contributed by atoms with Gasteiger partial charge < -0.3 is 10.1 Å². The van der Waals surface area contributed by atoms with Gasteiger partial charge in [0.25, 0.3) is 0 Å². The highest BCUT2D eigenvalue weighted by atomic mass is 79.9. The van der Waals surface area contributed by atoms with E-state index in [0.29, 0.717) is 0 Å². The van der Waals surface area contributed by atoms with Gasteiger partial charge in [-0.15, -0.1) is 0 Å². The lowest BCUT2D eigenvalue weighted by Crippen LogP contribution is -2.14. The normalized spacial score (nSPS) is 10.7. The number of hydrogen-bond acceptors (Lipinski definition) is 2. The second kappa shape index (κ2) is 7.62. The first-order chi connectivity index (χ1) is 10.1. The Bertz CT molecular complexity index is 610. The minimum atomic E-state index is 0.813. The molecular formula is C18H22BrNO. The van der Waals surface area contributed by atoms with E-state index in [2.05, 4.69) is 66.3 Å². The van der Waals surface area contributed by atoms with Crippen molar-refractivity contribution in [3.63, 3.8) is 0 Å². The third-order valence-corrected chi connectivity index (χ3v) is 3.82. The van der Waals surface area contributed by atoms with Gasteiger partial charge in [-0.05, 0) is 62.2 Å². The number of nitrogens with one attached hydrogen (secondary N) is 1. The molecule has 0 atom stereocenters. The van der Waals surface area contributed by atoms with Gasteiger partial charge in [0.05, 0.1) is 0 Å². The summed E-state index contributed by atoms with van der Waals surface area (Å²) in [7, 11) is 0. The zero-order valence-corrected chi connectivity index (χ0v) is 14.5. The van der Waals surface area contributed by atoms with Crippen molar-refractivity contribution in [2.75, 3.05) is 6.54 Å². The van der Waals surface area contributed by atoms with Gasteiger partial charge in [0.2, 0.25) is 0 Å². The molecule has 2 rings (SSSR count). The van der Waals surface area contributed by atoms with Crippen LogP contribution in [0.15, 0.2) is 40.9 Å². The largest absolute Gasteiger partial charge is 0.457 e. The van der Waals surface area contributed by atoms with Crippen LogP contribution in [-0.4, -0.2) is 6.54 Å². The fourth-order valence-electron chi connectivity index (χ4n) is 2.12. The summed E-state index contributed by atoms with van der Waals surface area (Å²) in [6.07, 6.45) is 1.13. The van der Waals surface area contributed by atoms with Crippen molar-refractivity contribution in [1.29, 1.82) is 0 Å². The van der Waals surface area contributed by atoms with Crippen LogP contribution in [0.2, 0.25) is 0 Å². The van der Waals surface area contributed by atoms with Gasteiger partial charge in [-0.3, -0.25) is 0 Å². The number of benzene rings is 2. The maximum absolute atomic E-state index is 6.15. The van der Waals surface area contributed by atoms with Crippen molar-refractivity contribution >= 4 is 15.9 Å². The van der Waals surface area contributed by atoms with E-state index in [1.54, 1.807) is 0 Å². The summed E-state index contributed by atoms with van der Waals surface area (Å²) in [6, 6.07) is 12.4. The molecule has 2 aromatic carbocycles. The number of halogens is 1. The van der Waals surface area contributed by atoms with E-state index >= 15 is 0 Å². The second-order valence-corrected chi connectivity index (χ2v) is 6.22. The smallest absolute Gasteiger partial charge is 0.132 e. The summed E-state index contributed by atoms with van der Waals surface area (Å²) < 4.78 is 7.22. The van der Waals surface area contributed by atoms with E-state index in [0.717, 1.165) is 41.0 Å². The molecule has 2 aromatic rings. The minimum absolute atomic E-state index is 0.813. The van der Waals surface area contributed by atoms with E-state index in [-0.39, 0.29) is 0 Å². The van der Waals surface area contributed by atoms with Gasteiger partial charge >= 0.3 is 0 Å². The van der Waals surface area contributed by atoms with Crippen molar-refractivity contribution in [3.05, 3.63) is 57.6 Å². The third-order valence-electron chi connectivity index (χ3n) is 3.33. The highest BCUT2D eigenvalue weighted by molar-refractivity contribution is 9.10. The molecule has 0 fully saturated rings. The summed E-state index contributed by atoms with van der Waals surface area (Å²) in [4.78, 5) is 0. The van der Waals surface area contributed by atoms with Crippen molar-refractivity contribution in [2.24, 2.45) is 0 Å². The zero-order chi connectivity index (χ0) is 15.2. The minimum Gasteiger partial charge on any atom is -0.457 e. The molecule has 21 heavy (non-hydrogen) atoms. The fourth-order valence-corrected chi connectivity index (χ4v) is 2.53. The van der Waals surface area contributed by atoms with E-state index in [1.807, 2.05) is 12.1 Å². The molecule has 0 saturated carbocycles. The highest BCUT2D eigenvalue weighted by Crippen LogP contribution is 2.30. The van der Waals surface area contributed by atoms with Gasteiger partial charge in [-0.2, -0.15) is 0 Å². The van der Waals surface area contributed by atoms with Crippen LogP contribution in [0.3, 0.4) is 0 Å². The Labute approximate surface area is 135 Å². The monoisotopic (exact) mass is 347 g/mol. The summed E-state index contributed by atoms with van der Waals surface area (Å²) in [5, 5.41) is 3.43. The number of aryl methyl sites for hydroxylation is 2. The Morgan fingerprint density at radius 1 is 1.05 bits per heavy atom. The predicted molar refractivity (Wildman–Crippen MR) is 92.1 cm³/mol. The lowest BCUT2D eigenvalue weighted by atomic mass is 10.1. The van der Waals surface area contributed by atoms with Gasteiger partial charge in [0.15, 0.2) is 0 Å². The van der Waals surface area contributed by atoms with E-state index in [4.69, 9.17) is 4.74 Å². The quantitative estimate of drug-likeness (QED) is 0.710. The zero-order valence-electron chi connectivity index (χ0n) is 12.9. The molecule has 0 heterocycles. The molecular weight excluding hydrogens is 326 g/mol. The molecule has 0 amide bonds. The van der Waals surface area contributed by atoms with Crippen LogP contribution in [0.5, 0.6) is 11.5 Å². The van der Waals surface area contributed by atoms with Crippen LogP contribution in [0.4, 0.5) is 0 Å². The first-order valence-corrected chi connectivity index (χ1v) is 8.13. The molecule has 0 saturated heterocycles. The first-order valence-electron chi connectivity index (χ1n) is 7.34. The van der Waals surface area contributed by atoms with Crippen LogP contribution in [0.25, 0.3) is 0 Å². The predicted octanol–water partition coefficient (Wildman–Crippen LogP) is 5.36. The molecule has 0 aliphatic rings. The van der Waals surface area contributed by atoms with Crippen LogP contribution in [0.1, 0.15) is 30.0 Å². The Kier molecular flexibility index (Phi) is 5.83. The maximum Gasteiger partial charge on any atom is 0.132 e. The summed E-state index contributed by atoms with van der Waals surface area (Å²) in [6.45, 7) is 8.14. The number of ether oxygens (including phenoxy) is 1. The van der Waals surface area contributed by atoms with Crippen molar-refractivity contribution < 1.29 is 4.74 Å². The van der Waals surface area contributed by atoms with Crippen LogP contribution in [-0.2, 0) is 6.54 Å². The molecule has 0 radical (unpaired) electrons. The van der Waals surface area contributed by atoms with Gasteiger partial charge in [0.1, 0.15) is 11.5 Å². The highest BCUT2D eigenvalue weighted by Gasteiger charge is 2.08. The van der Waals surface area contributed by atoms with Crippen molar-refractivity contribution in [2.45, 2.75) is 33.7 Å². The first kappa shape index (κ1) is 16.1. The Balaban J connectivity index is 2.24. The van der Waals surface area contributed by atoms with Crippen molar-refractivity contribution in [1.82, 2.24) is 5.32 Å². The molecule has 0 aliphatic heterocycles. The van der Waals surface area contributed by atoms with E-state index in [1.165, 1.54) is 11.1 Å². The lowest BCUT2D eigenvalue weighted by Gasteiger charge is -2.14. The number of rotatable bonds is 6. The summed E-state index contributed by atoms with van der Waals surface area (Å²) in [5.74, 6) is 1.84. The van der Waals surface area contributed by atoms with Gasteiger partial charge in [-0.1, -0.05) is 35.0 Å². The molecule has 0 bridgehead atoms. The van der Waals surface area contributed by atoms with Crippen molar-refractivity contribution in [3.8, 4) is 11.5 Å². The fraction of sp³-hybridized carbons (Fsp3) is 0.333. The van der Waals surface area contributed by atoms with Gasteiger partial charge in [-0.25, -0.2) is 0 Å². The van der Waals surface area contributed by atoms with Gasteiger partial charge in [0, 0.05) is 16.6 Å². The standard InChI is InChI=1S/C18H22BrNO/c1-4-9-20-12-15-11-16(19)7-8-17(15)21-18-10-13(2)5-6-14(18)3/h5-8,10-11,20H,4,9,12H2,1-3H3. The summed E-state index contributed by atoms with van der Waals surface area (Å²) >= 11 is 3.53. The lowest BCUT2D eigenvalue weighted by molar-refractivity contribution is 0.468. The Morgan fingerprint density at radius 2 is 1.86 bits per heavy atom. The van der Waals surface area contributed by atoms with E-state index in [9.17, 15) is 0 Å². The molecule has 1 N–H and O–H groups in total. The molecule has 2 nitrogen and oxygen atoms in total. The van der Waals surface area contributed by atoms with Crippen LogP contribution >= 0.6 is 15.9 Å². The maximum atomic E-state index is 6.15. The number of hydrogen-bond donors (Lipinski definition) is 1. The van der Waals surface area contributed by atoms with Crippen LogP contribution < -0.4 is 10.1 Å². The molecule has 0 spiro atoms. The molecule has 0 unspecified atom stereocenters. The van der Waals surface area contributed by atoms with Crippen LogP contribution in [0, 0.1) is 13.8 Å². The average molecular weight is 348 g/mol. The molecule has 112 valence electrons. The molecule has 3 heteroatoms. The molecule has 0 aromatic heterocycles. The Morgan fingerprint density at radius 3 is 2.62 bits per heavy atom. The second-order valence-electron chi connectivity index (χ2n) is 5.30.